The van der Waals surface area contributed by atoms with Crippen LogP contribution in [0.25, 0.3) is 0 Å². The van der Waals surface area contributed by atoms with Crippen LogP contribution in [0.1, 0.15) is 43.0 Å². The molecule has 2 unspecified atom stereocenters. The summed E-state index contributed by atoms with van der Waals surface area (Å²) in [5, 5.41) is 6.30. The van der Waals surface area contributed by atoms with E-state index < -0.39 is 0 Å². The van der Waals surface area contributed by atoms with Crippen LogP contribution in [0, 0.1) is 5.82 Å². The van der Waals surface area contributed by atoms with E-state index in [1.54, 1.807) is 0 Å². The first-order valence-electron chi connectivity index (χ1n) is 7.36. The van der Waals surface area contributed by atoms with E-state index in [0.29, 0.717) is 11.6 Å². The number of Topliss-reactive ketones (excluding diaryl/α,β-unsaturated/α-hetero) is 1. The molecule has 2 atom stereocenters. The zero-order valence-electron chi connectivity index (χ0n) is 12.6. The molecule has 0 aliphatic carbocycles. The maximum Gasteiger partial charge on any atom is 0.220 e. The van der Waals surface area contributed by atoms with Crippen LogP contribution >= 0.6 is 12.4 Å². The highest BCUT2D eigenvalue weighted by Gasteiger charge is 2.20. The first kappa shape index (κ1) is 18.6. The summed E-state index contributed by atoms with van der Waals surface area (Å²) in [7, 11) is 0. The second kappa shape index (κ2) is 8.86. The van der Waals surface area contributed by atoms with Crippen molar-refractivity contribution in [3.63, 3.8) is 0 Å². The molecule has 2 N–H and O–H groups in total. The van der Waals surface area contributed by atoms with E-state index in [1.165, 1.54) is 24.3 Å². The average molecular weight is 329 g/mol. The van der Waals surface area contributed by atoms with Crippen LogP contribution in [0.5, 0.6) is 0 Å². The quantitative estimate of drug-likeness (QED) is 0.816. The van der Waals surface area contributed by atoms with Crippen molar-refractivity contribution in [2.75, 3.05) is 6.54 Å². The molecule has 0 radical (unpaired) electrons. The molecule has 22 heavy (non-hydrogen) atoms. The van der Waals surface area contributed by atoms with Crippen LogP contribution in [-0.4, -0.2) is 30.3 Å². The Hall–Kier alpha value is -1.46. The van der Waals surface area contributed by atoms with Crippen molar-refractivity contribution in [1.29, 1.82) is 0 Å². The van der Waals surface area contributed by atoms with Crippen molar-refractivity contribution in [2.45, 2.75) is 44.7 Å². The van der Waals surface area contributed by atoms with Crippen LogP contribution in [0.3, 0.4) is 0 Å². The Morgan fingerprint density at radius 1 is 1.27 bits per heavy atom. The molecule has 1 aromatic carbocycles. The molecule has 2 rings (SSSR count). The number of nitrogens with one attached hydrogen (secondary N) is 2. The number of carbonyl (C=O) groups excluding carboxylic acids is 2. The molecule has 122 valence electrons. The minimum Gasteiger partial charge on any atom is -0.353 e. The van der Waals surface area contributed by atoms with Crippen molar-refractivity contribution in [3.8, 4) is 0 Å². The van der Waals surface area contributed by atoms with Gasteiger partial charge in [-0.25, -0.2) is 4.39 Å². The van der Waals surface area contributed by atoms with Crippen LogP contribution in [0.2, 0.25) is 0 Å². The van der Waals surface area contributed by atoms with E-state index in [4.69, 9.17) is 0 Å². The van der Waals surface area contributed by atoms with Crippen LogP contribution in [-0.2, 0) is 4.79 Å². The van der Waals surface area contributed by atoms with Crippen LogP contribution in [0.15, 0.2) is 24.3 Å². The fraction of sp³-hybridized carbons (Fsp3) is 0.500. The fourth-order valence-corrected chi connectivity index (χ4v) is 2.57. The number of rotatable bonds is 5. The first-order chi connectivity index (χ1) is 10.0. The van der Waals surface area contributed by atoms with Gasteiger partial charge >= 0.3 is 0 Å². The van der Waals surface area contributed by atoms with Gasteiger partial charge in [0.1, 0.15) is 5.82 Å². The number of hydrogen-bond donors (Lipinski definition) is 2. The third-order valence-corrected chi connectivity index (χ3v) is 3.73. The largest absolute Gasteiger partial charge is 0.353 e. The number of halogens is 2. The summed E-state index contributed by atoms with van der Waals surface area (Å²) in [6.07, 6.45) is 2.16. The van der Waals surface area contributed by atoms with E-state index in [1.807, 2.05) is 0 Å². The summed E-state index contributed by atoms with van der Waals surface area (Å²) >= 11 is 0. The van der Waals surface area contributed by atoms with Crippen LogP contribution in [0.4, 0.5) is 4.39 Å². The molecule has 6 heteroatoms. The highest BCUT2D eigenvalue weighted by molar-refractivity contribution is 5.97. The number of amides is 1. The Labute approximate surface area is 136 Å². The van der Waals surface area contributed by atoms with Gasteiger partial charge in [0.15, 0.2) is 5.78 Å². The Morgan fingerprint density at radius 2 is 1.95 bits per heavy atom. The van der Waals surface area contributed by atoms with Crippen molar-refractivity contribution < 1.29 is 14.0 Å². The minimum atomic E-state index is -0.371. The number of hydrogen-bond acceptors (Lipinski definition) is 3. The number of ketones is 1. The molecule has 1 heterocycles. The number of carbonyl (C=O) groups is 2. The Balaban J connectivity index is 0.00000242. The van der Waals surface area contributed by atoms with Gasteiger partial charge in [0, 0.05) is 30.5 Å². The standard InChI is InChI=1S/C16H21FN2O2.ClH/c1-11-10-14(8-9-18-11)19-16(21)7-6-15(20)12-2-4-13(17)5-3-12;/h2-5,11,14,18H,6-10H2,1H3,(H,19,21);1H. The Bertz CT molecular complexity index is 507. The van der Waals surface area contributed by atoms with Gasteiger partial charge in [-0.05, 0) is 50.6 Å². The van der Waals surface area contributed by atoms with E-state index in [0.717, 1.165) is 19.4 Å². The molecule has 0 saturated carbocycles. The molecule has 0 aromatic heterocycles. The van der Waals surface area contributed by atoms with Gasteiger partial charge < -0.3 is 10.6 Å². The predicted molar refractivity (Wildman–Crippen MR) is 85.8 cm³/mol. The molecule has 1 saturated heterocycles. The predicted octanol–water partition coefficient (Wildman–Crippen LogP) is 2.47. The molecule has 1 amide bonds. The lowest BCUT2D eigenvalue weighted by atomic mass is 10.00. The maximum atomic E-state index is 12.8. The minimum absolute atomic E-state index is 0. The van der Waals surface area contributed by atoms with Gasteiger partial charge in [-0.15, -0.1) is 12.4 Å². The van der Waals surface area contributed by atoms with E-state index in [9.17, 15) is 14.0 Å². The normalized spacial score (nSPS) is 20.8. The average Bonchev–Trinajstić information content (AvgIpc) is 2.45. The zero-order chi connectivity index (χ0) is 15.2. The lowest BCUT2D eigenvalue weighted by Gasteiger charge is -2.28. The van der Waals surface area contributed by atoms with E-state index in [-0.39, 0.29) is 48.8 Å². The SMILES string of the molecule is CC1CC(NC(=O)CCC(=O)c2ccc(F)cc2)CCN1.Cl. The summed E-state index contributed by atoms with van der Waals surface area (Å²) in [6.45, 7) is 3.00. The van der Waals surface area contributed by atoms with Gasteiger partial charge in [0.2, 0.25) is 5.91 Å². The summed E-state index contributed by atoms with van der Waals surface area (Å²) in [5.41, 5.74) is 0.444. The second-order valence-electron chi connectivity index (χ2n) is 5.57. The molecule has 1 fully saturated rings. The zero-order valence-corrected chi connectivity index (χ0v) is 13.4. The van der Waals surface area contributed by atoms with Crippen molar-refractivity contribution in [2.24, 2.45) is 0 Å². The monoisotopic (exact) mass is 328 g/mol. The van der Waals surface area contributed by atoms with Crippen LogP contribution < -0.4 is 10.6 Å². The third-order valence-electron chi connectivity index (χ3n) is 3.73. The molecule has 1 aliphatic heterocycles. The molecule has 0 spiro atoms. The van der Waals surface area contributed by atoms with Gasteiger partial charge in [-0.1, -0.05) is 0 Å². The number of piperidine rings is 1. The summed E-state index contributed by atoms with van der Waals surface area (Å²) in [6, 6.07) is 6.00. The fourth-order valence-electron chi connectivity index (χ4n) is 2.57. The van der Waals surface area contributed by atoms with E-state index >= 15 is 0 Å². The highest BCUT2D eigenvalue weighted by Crippen LogP contribution is 2.10. The van der Waals surface area contributed by atoms with Gasteiger partial charge in [0.05, 0.1) is 0 Å². The third kappa shape index (κ3) is 5.73. The molecule has 4 nitrogen and oxygen atoms in total. The first-order valence-corrected chi connectivity index (χ1v) is 7.36. The molecule has 1 aliphatic rings. The summed E-state index contributed by atoms with van der Waals surface area (Å²) in [4.78, 5) is 23.8. The Morgan fingerprint density at radius 3 is 2.59 bits per heavy atom. The Kier molecular flexibility index (Phi) is 7.48. The van der Waals surface area contributed by atoms with E-state index in [2.05, 4.69) is 17.6 Å². The topological polar surface area (TPSA) is 58.2 Å². The molecular weight excluding hydrogens is 307 g/mol. The maximum absolute atomic E-state index is 12.8. The molecular formula is C16H22ClFN2O2. The van der Waals surface area contributed by atoms with Gasteiger partial charge in [-0.3, -0.25) is 9.59 Å². The lowest BCUT2D eigenvalue weighted by molar-refractivity contribution is -0.122. The summed E-state index contributed by atoms with van der Waals surface area (Å²) in [5.74, 6) is -0.599. The highest BCUT2D eigenvalue weighted by atomic mass is 35.5. The van der Waals surface area contributed by atoms with Gasteiger partial charge in [-0.2, -0.15) is 0 Å². The lowest BCUT2D eigenvalue weighted by Crippen LogP contribution is -2.46. The second-order valence-corrected chi connectivity index (χ2v) is 5.57. The van der Waals surface area contributed by atoms with Crippen molar-refractivity contribution in [3.05, 3.63) is 35.6 Å². The summed E-state index contributed by atoms with van der Waals surface area (Å²) < 4.78 is 12.8. The van der Waals surface area contributed by atoms with Crippen molar-refractivity contribution in [1.82, 2.24) is 10.6 Å². The number of benzene rings is 1. The van der Waals surface area contributed by atoms with Crippen molar-refractivity contribution >= 4 is 24.1 Å². The smallest absolute Gasteiger partial charge is 0.220 e. The van der Waals surface area contributed by atoms with Gasteiger partial charge in [0.25, 0.3) is 0 Å². The molecule has 0 bridgehead atoms. The molecule has 1 aromatic rings.